The van der Waals surface area contributed by atoms with E-state index in [0.29, 0.717) is 25.3 Å². The minimum absolute atomic E-state index is 0.138. The Hall–Kier alpha value is -1.56. The number of amides is 1. The Morgan fingerprint density at radius 1 is 1.33 bits per heavy atom. The van der Waals surface area contributed by atoms with Crippen molar-refractivity contribution in [3.8, 4) is 0 Å². The van der Waals surface area contributed by atoms with Crippen LogP contribution in [0.2, 0.25) is 0 Å². The van der Waals surface area contributed by atoms with Crippen molar-refractivity contribution in [3.05, 3.63) is 35.1 Å². The van der Waals surface area contributed by atoms with E-state index in [1.165, 1.54) is 0 Å². The van der Waals surface area contributed by atoms with Crippen LogP contribution in [0.25, 0.3) is 0 Å². The van der Waals surface area contributed by atoms with Crippen LogP contribution in [0.4, 0.5) is 13.2 Å². The highest BCUT2D eigenvalue weighted by molar-refractivity contribution is 5.79. The molecule has 0 spiro atoms. The second kappa shape index (κ2) is 6.47. The molecule has 6 heteroatoms. The number of hydrogen-bond donors (Lipinski definition) is 2. The Balaban J connectivity index is 2.00. The molecule has 0 aromatic heterocycles. The third-order valence-corrected chi connectivity index (χ3v) is 3.98. The maximum atomic E-state index is 13.5. The fourth-order valence-corrected chi connectivity index (χ4v) is 2.66. The van der Waals surface area contributed by atoms with E-state index >= 15 is 0 Å². The van der Waals surface area contributed by atoms with Gasteiger partial charge in [-0.2, -0.15) is 0 Å². The van der Waals surface area contributed by atoms with Gasteiger partial charge >= 0.3 is 0 Å². The highest BCUT2D eigenvalue weighted by Crippen LogP contribution is 2.31. The number of hydrogen-bond acceptors (Lipinski definition) is 2. The highest BCUT2D eigenvalue weighted by atomic mass is 19.2. The van der Waals surface area contributed by atoms with Gasteiger partial charge in [-0.1, -0.05) is 6.92 Å². The molecule has 116 valence electrons. The molecule has 1 aliphatic carbocycles. The molecule has 2 N–H and O–H groups in total. The van der Waals surface area contributed by atoms with E-state index in [9.17, 15) is 23.1 Å². The van der Waals surface area contributed by atoms with Crippen LogP contribution in [0.5, 0.6) is 0 Å². The Kier molecular flexibility index (Phi) is 4.88. The lowest BCUT2D eigenvalue weighted by atomic mass is 9.76. The summed E-state index contributed by atoms with van der Waals surface area (Å²) in [4.78, 5) is 11.9. The van der Waals surface area contributed by atoms with Gasteiger partial charge in [0.15, 0.2) is 11.6 Å². The molecule has 0 bridgehead atoms. The summed E-state index contributed by atoms with van der Waals surface area (Å²) in [6.45, 7) is 1.89. The van der Waals surface area contributed by atoms with Crippen LogP contribution < -0.4 is 5.32 Å². The molecule has 0 radical (unpaired) electrons. The lowest BCUT2D eigenvalue weighted by Crippen LogP contribution is -2.47. The predicted octanol–water partition coefficient (Wildman–Crippen LogP) is 2.31. The fourth-order valence-electron chi connectivity index (χ4n) is 2.66. The second-order valence-corrected chi connectivity index (χ2v) is 5.47. The van der Waals surface area contributed by atoms with Gasteiger partial charge in [0.2, 0.25) is 5.91 Å². The Morgan fingerprint density at radius 2 is 1.95 bits per heavy atom. The van der Waals surface area contributed by atoms with Gasteiger partial charge in [-0.3, -0.25) is 4.79 Å². The summed E-state index contributed by atoms with van der Waals surface area (Å²) in [6.07, 6.45) is 1.01. The number of carbonyl (C=O) groups is 1. The molecule has 0 unspecified atom stereocenters. The van der Waals surface area contributed by atoms with Crippen molar-refractivity contribution in [3.63, 3.8) is 0 Å². The quantitative estimate of drug-likeness (QED) is 0.820. The smallest absolute Gasteiger partial charge is 0.224 e. The molecule has 1 aliphatic rings. The number of halogens is 3. The fraction of sp³-hybridized carbons (Fsp3) is 0.533. The zero-order valence-corrected chi connectivity index (χ0v) is 11.7. The van der Waals surface area contributed by atoms with E-state index in [-0.39, 0.29) is 18.1 Å². The Bertz CT molecular complexity index is 530. The third kappa shape index (κ3) is 3.56. The van der Waals surface area contributed by atoms with Crippen molar-refractivity contribution < 1.29 is 23.1 Å². The average Bonchev–Trinajstić information content (AvgIpc) is 2.42. The van der Waals surface area contributed by atoms with Crippen LogP contribution in [0.1, 0.15) is 31.7 Å². The van der Waals surface area contributed by atoms with E-state index in [4.69, 9.17) is 0 Å². The Labute approximate surface area is 121 Å². The molecule has 1 aromatic rings. The highest BCUT2D eigenvalue weighted by Gasteiger charge is 2.33. The monoisotopic (exact) mass is 301 g/mol. The molecule has 1 atom stereocenters. The van der Waals surface area contributed by atoms with E-state index in [1.54, 1.807) is 0 Å². The maximum Gasteiger partial charge on any atom is 0.224 e. The lowest BCUT2D eigenvalue weighted by Gasteiger charge is -2.37. The zero-order valence-electron chi connectivity index (χ0n) is 11.7. The van der Waals surface area contributed by atoms with Gasteiger partial charge in [-0.15, -0.1) is 0 Å². The summed E-state index contributed by atoms with van der Waals surface area (Å²) in [7, 11) is 0. The summed E-state index contributed by atoms with van der Waals surface area (Å²) in [5, 5.41) is 12.0. The number of aliphatic hydroxyl groups excluding tert-OH is 1. The summed E-state index contributed by atoms with van der Waals surface area (Å²) in [5.74, 6) is -3.80. The van der Waals surface area contributed by atoms with Crippen LogP contribution in [-0.2, 0) is 11.2 Å². The first kappa shape index (κ1) is 15.8. The molecule has 1 fully saturated rings. The van der Waals surface area contributed by atoms with Gasteiger partial charge in [0.1, 0.15) is 5.82 Å². The number of benzene rings is 1. The van der Waals surface area contributed by atoms with Crippen LogP contribution in [0.3, 0.4) is 0 Å². The number of rotatable bonds is 5. The van der Waals surface area contributed by atoms with Crippen molar-refractivity contribution >= 4 is 5.91 Å². The molecular weight excluding hydrogens is 283 g/mol. The standard InChI is InChI=1S/C15H18F3NO2/c1-2-13(8-5-9(20)6-8)19-14(21)7-10-11(16)3-4-12(17)15(10)18/h3-4,8-9,13,20H,2,5-7H2,1H3,(H,19,21)/t8?,9?,13-/m1/s1. The molecule has 3 nitrogen and oxygen atoms in total. The van der Waals surface area contributed by atoms with E-state index in [2.05, 4.69) is 5.32 Å². The van der Waals surface area contributed by atoms with Crippen molar-refractivity contribution in [2.24, 2.45) is 5.92 Å². The van der Waals surface area contributed by atoms with Gasteiger partial charge < -0.3 is 10.4 Å². The van der Waals surface area contributed by atoms with Crippen LogP contribution in [-0.4, -0.2) is 23.2 Å². The van der Waals surface area contributed by atoms with Crippen molar-refractivity contribution in [1.29, 1.82) is 0 Å². The second-order valence-electron chi connectivity index (χ2n) is 5.47. The predicted molar refractivity (Wildman–Crippen MR) is 71.0 cm³/mol. The van der Waals surface area contributed by atoms with Crippen LogP contribution in [0.15, 0.2) is 12.1 Å². The molecular formula is C15H18F3NO2. The summed E-state index contributed by atoms with van der Waals surface area (Å²) >= 11 is 0. The van der Waals surface area contributed by atoms with E-state index in [0.717, 1.165) is 6.07 Å². The molecule has 0 aliphatic heterocycles. The van der Waals surface area contributed by atoms with Gasteiger partial charge in [0.05, 0.1) is 12.5 Å². The molecule has 1 aromatic carbocycles. The van der Waals surface area contributed by atoms with E-state index < -0.39 is 35.3 Å². The molecule has 2 rings (SSSR count). The largest absolute Gasteiger partial charge is 0.393 e. The van der Waals surface area contributed by atoms with Crippen molar-refractivity contribution in [2.45, 2.75) is 44.8 Å². The van der Waals surface area contributed by atoms with Gasteiger partial charge in [-0.05, 0) is 37.3 Å². The summed E-state index contributed by atoms with van der Waals surface area (Å²) in [5.41, 5.74) is -0.559. The summed E-state index contributed by atoms with van der Waals surface area (Å²) in [6, 6.07) is 1.36. The summed E-state index contributed by atoms with van der Waals surface area (Å²) < 4.78 is 40.1. The first-order valence-corrected chi connectivity index (χ1v) is 7.02. The van der Waals surface area contributed by atoms with Gasteiger partial charge in [0, 0.05) is 11.6 Å². The Morgan fingerprint density at radius 3 is 2.52 bits per heavy atom. The third-order valence-electron chi connectivity index (χ3n) is 3.98. The molecule has 1 saturated carbocycles. The van der Waals surface area contributed by atoms with E-state index in [1.807, 2.05) is 6.92 Å². The molecule has 0 saturated heterocycles. The molecule has 1 amide bonds. The molecule has 21 heavy (non-hydrogen) atoms. The first-order chi connectivity index (χ1) is 9.92. The molecule has 0 heterocycles. The number of nitrogens with one attached hydrogen (secondary N) is 1. The SMILES string of the molecule is CC[C@@H](NC(=O)Cc1c(F)ccc(F)c1F)C1CC(O)C1. The number of carbonyl (C=O) groups excluding carboxylic acids is 1. The average molecular weight is 301 g/mol. The zero-order chi connectivity index (χ0) is 15.6. The van der Waals surface area contributed by atoms with Crippen LogP contribution in [0, 0.1) is 23.4 Å². The number of aliphatic hydroxyl groups is 1. The topological polar surface area (TPSA) is 49.3 Å². The van der Waals surface area contributed by atoms with Gasteiger partial charge in [-0.25, -0.2) is 13.2 Å². The van der Waals surface area contributed by atoms with Crippen LogP contribution >= 0.6 is 0 Å². The first-order valence-electron chi connectivity index (χ1n) is 7.02. The maximum absolute atomic E-state index is 13.5. The van der Waals surface area contributed by atoms with Gasteiger partial charge in [0.25, 0.3) is 0 Å². The normalized spacial score (nSPS) is 22.5. The lowest BCUT2D eigenvalue weighted by molar-refractivity contribution is -0.122. The van der Waals surface area contributed by atoms with Crippen molar-refractivity contribution in [1.82, 2.24) is 5.32 Å². The minimum Gasteiger partial charge on any atom is -0.393 e. The minimum atomic E-state index is -1.32. The van der Waals surface area contributed by atoms with Crippen molar-refractivity contribution in [2.75, 3.05) is 0 Å².